The summed E-state index contributed by atoms with van der Waals surface area (Å²) in [5.41, 5.74) is 1.38. The fourth-order valence-electron chi connectivity index (χ4n) is 3.79. The Hall–Kier alpha value is -2.99. The second kappa shape index (κ2) is 8.40. The van der Waals surface area contributed by atoms with Gasteiger partial charge in [-0.1, -0.05) is 26.0 Å². The maximum atomic E-state index is 13.9. The van der Waals surface area contributed by atoms with E-state index in [1.54, 1.807) is 12.3 Å². The summed E-state index contributed by atoms with van der Waals surface area (Å²) in [6.45, 7) is 5.03. The fourth-order valence-corrected chi connectivity index (χ4v) is 3.79. The third-order valence-corrected chi connectivity index (χ3v) is 5.64. The number of oxazole rings is 1. The molecule has 4 rings (SSSR count). The zero-order chi connectivity index (χ0) is 21.1. The Morgan fingerprint density at radius 2 is 1.87 bits per heavy atom. The van der Waals surface area contributed by atoms with E-state index in [1.165, 1.54) is 12.1 Å². The monoisotopic (exact) mass is 408 g/mol. The second-order valence-electron chi connectivity index (χ2n) is 7.96. The molecule has 6 heteroatoms. The van der Waals surface area contributed by atoms with Crippen molar-refractivity contribution in [1.29, 1.82) is 0 Å². The molecule has 1 amide bonds. The van der Waals surface area contributed by atoms with Gasteiger partial charge in [-0.2, -0.15) is 0 Å². The van der Waals surface area contributed by atoms with Crippen molar-refractivity contribution < 1.29 is 18.3 Å². The molecule has 0 saturated carbocycles. The van der Waals surface area contributed by atoms with Gasteiger partial charge in [-0.15, -0.1) is 0 Å². The van der Waals surface area contributed by atoms with Crippen LogP contribution in [0.3, 0.4) is 0 Å². The van der Waals surface area contributed by atoms with Crippen LogP contribution in [0.25, 0.3) is 11.5 Å². The number of hydrogen-bond donors (Lipinski definition) is 1. The smallest absolute Gasteiger partial charge is 0.235 e. The molecule has 156 valence electrons. The third-order valence-electron chi connectivity index (χ3n) is 5.64. The summed E-state index contributed by atoms with van der Waals surface area (Å²) in [5.74, 6) is 1.16. The summed E-state index contributed by atoms with van der Waals surface area (Å²) < 4.78 is 25.1. The van der Waals surface area contributed by atoms with Crippen LogP contribution in [0, 0.1) is 5.82 Å². The van der Waals surface area contributed by atoms with E-state index in [2.05, 4.69) is 10.3 Å². The SMILES string of the molecule is CC(C)c1cnc(-c2ccc(NC(=O)C3(c4cccc(F)c4)CCOCC3)cc2)o1. The number of halogens is 1. The average Bonchev–Trinajstić information content (AvgIpc) is 3.25. The zero-order valence-electron chi connectivity index (χ0n) is 17.2. The molecule has 2 heterocycles. The van der Waals surface area contributed by atoms with Gasteiger partial charge in [0.05, 0.1) is 11.6 Å². The molecule has 1 aromatic heterocycles. The first-order valence-electron chi connectivity index (χ1n) is 10.2. The minimum atomic E-state index is -0.812. The van der Waals surface area contributed by atoms with E-state index in [-0.39, 0.29) is 17.6 Å². The van der Waals surface area contributed by atoms with Gasteiger partial charge in [-0.05, 0) is 54.8 Å². The molecule has 0 spiro atoms. The molecule has 0 aliphatic carbocycles. The van der Waals surface area contributed by atoms with E-state index in [0.29, 0.717) is 43.2 Å². The van der Waals surface area contributed by atoms with Crippen molar-refractivity contribution in [1.82, 2.24) is 4.98 Å². The molecule has 0 bridgehead atoms. The number of carbonyl (C=O) groups excluding carboxylic acids is 1. The average molecular weight is 408 g/mol. The first kappa shape index (κ1) is 20.3. The molecule has 0 radical (unpaired) electrons. The van der Waals surface area contributed by atoms with Crippen LogP contribution in [0.2, 0.25) is 0 Å². The first-order valence-corrected chi connectivity index (χ1v) is 10.2. The van der Waals surface area contributed by atoms with Crippen molar-refractivity contribution in [2.75, 3.05) is 18.5 Å². The molecule has 1 saturated heterocycles. The highest BCUT2D eigenvalue weighted by Crippen LogP contribution is 2.36. The van der Waals surface area contributed by atoms with E-state index >= 15 is 0 Å². The maximum Gasteiger partial charge on any atom is 0.235 e. The number of nitrogens with zero attached hydrogens (tertiary/aromatic N) is 1. The lowest BCUT2D eigenvalue weighted by Gasteiger charge is -2.36. The second-order valence-corrected chi connectivity index (χ2v) is 7.96. The van der Waals surface area contributed by atoms with Crippen LogP contribution in [-0.2, 0) is 14.9 Å². The standard InChI is InChI=1S/C24H25FN2O3/c1-16(2)21-15-26-22(30-21)17-6-8-20(9-7-17)27-23(28)24(10-12-29-13-11-24)18-4-3-5-19(25)14-18/h3-9,14-16H,10-13H2,1-2H3,(H,27,28). The summed E-state index contributed by atoms with van der Waals surface area (Å²) in [7, 11) is 0. The van der Waals surface area contributed by atoms with Crippen LogP contribution in [0.4, 0.5) is 10.1 Å². The third kappa shape index (κ3) is 4.00. The quantitative estimate of drug-likeness (QED) is 0.623. The number of benzene rings is 2. The van der Waals surface area contributed by atoms with Crippen molar-refractivity contribution in [2.45, 2.75) is 38.0 Å². The highest BCUT2D eigenvalue weighted by atomic mass is 19.1. The predicted molar refractivity (Wildman–Crippen MR) is 113 cm³/mol. The molecule has 1 aliphatic heterocycles. The predicted octanol–water partition coefficient (Wildman–Crippen LogP) is 5.29. The van der Waals surface area contributed by atoms with Gasteiger partial charge in [-0.3, -0.25) is 4.79 Å². The van der Waals surface area contributed by atoms with Gasteiger partial charge in [0.1, 0.15) is 11.6 Å². The van der Waals surface area contributed by atoms with E-state index in [9.17, 15) is 9.18 Å². The summed E-state index contributed by atoms with van der Waals surface area (Å²) in [6, 6.07) is 13.7. The minimum Gasteiger partial charge on any atom is -0.441 e. The number of anilines is 1. The Kier molecular flexibility index (Phi) is 5.68. The molecule has 0 unspecified atom stereocenters. The van der Waals surface area contributed by atoms with E-state index in [1.807, 2.05) is 44.2 Å². The van der Waals surface area contributed by atoms with Crippen LogP contribution >= 0.6 is 0 Å². The number of nitrogens with one attached hydrogen (secondary N) is 1. The lowest BCUT2D eigenvalue weighted by atomic mass is 9.73. The summed E-state index contributed by atoms with van der Waals surface area (Å²) in [5, 5.41) is 3.00. The first-order chi connectivity index (χ1) is 14.5. The van der Waals surface area contributed by atoms with Gasteiger partial charge >= 0.3 is 0 Å². The molecule has 3 aromatic rings. The van der Waals surface area contributed by atoms with Crippen LogP contribution in [0.1, 0.15) is 43.9 Å². The molecule has 1 aliphatic rings. The normalized spacial score (nSPS) is 15.9. The van der Waals surface area contributed by atoms with Gasteiger partial charge in [0.25, 0.3) is 0 Å². The fraction of sp³-hybridized carbons (Fsp3) is 0.333. The lowest BCUT2D eigenvalue weighted by molar-refractivity contribution is -0.125. The van der Waals surface area contributed by atoms with E-state index in [0.717, 1.165) is 11.3 Å². The maximum absolute atomic E-state index is 13.9. The molecule has 1 N–H and O–H groups in total. The Labute approximate surface area is 175 Å². The van der Waals surface area contributed by atoms with Crippen molar-refractivity contribution >= 4 is 11.6 Å². The Bertz CT molecular complexity index is 1020. The number of amides is 1. The van der Waals surface area contributed by atoms with Gasteiger partial charge in [-0.25, -0.2) is 9.37 Å². The van der Waals surface area contributed by atoms with Crippen molar-refractivity contribution in [3.63, 3.8) is 0 Å². The Balaban J connectivity index is 1.55. The largest absolute Gasteiger partial charge is 0.441 e. The number of aromatic nitrogens is 1. The molecule has 5 nitrogen and oxygen atoms in total. The van der Waals surface area contributed by atoms with E-state index in [4.69, 9.17) is 9.15 Å². The Morgan fingerprint density at radius 1 is 1.13 bits per heavy atom. The molecule has 1 fully saturated rings. The van der Waals surface area contributed by atoms with Gasteiger partial charge in [0.2, 0.25) is 11.8 Å². The molecular weight excluding hydrogens is 383 g/mol. The molecule has 0 atom stereocenters. The lowest BCUT2D eigenvalue weighted by Crippen LogP contribution is -2.44. The topological polar surface area (TPSA) is 64.4 Å². The summed E-state index contributed by atoms with van der Waals surface area (Å²) in [4.78, 5) is 17.6. The zero-order valence-corrected chi connectivity index (χ0v) is 17.2. The molecule has 2 aromatic carbocycles. The van der Waals surface area contributed by atoms with Crippen molar-refractivity contribution in [3.05, 3.63) is 71.9 Å². The van der Waals surface area contributed by atoms with Gasteiger partial charge in [0.15, 0.2) is 0 Å². The van der Waals surface area contributed by atoms with Crippen LogP contribution < -0.4 is 5.32 Å². The van der Waals surface area contributed by atoms with Crippen LogP contribution in [0.15, 0.2) is 59.1 Å². The Morgan fingerprint density at radius 3 is 2.50 bits per heavy atom. The number of hydrogen-bond acceptors (Lipinski definition) is 4. The number of carbonyl (C=O) groups is 1. The minimum absolute atomic E-state index is 0.151. The highest BCUT2D eigenvalue weighted by Gasteiger charge is 2.42. The summed E-state index contributed by atoms with van der Waals surface area (Å²) >= 11 is 0. The number of rotatable bonds is 5. The van der Waals surface area contributed by atoms with Crippen molar-refractivity contribution in [2.24, 2.45) is 0 Å². The summed E-state index contributed by atoms with van der Waals surface area (Å²) in [6.07, 6.45) is 2.76. The highest BCUT2D eigenvalue weighted by molar-refractivity contribution is 5.99. The van der Waals surface area contributed by atoms with Crippen molar-refractivity contribution in [3.8, 4) is 11.5 Å². The van der Waals surface area contributed by atoms with Crippen LogP contribution in [-0.4, -0.2) is 24.1 Å². The van der Waals surface area contributed by atoms with Crippen LogP contribution in [0.5, 0.6) is 0 Å². The molecule has 30 heavy (non-hydrogen) atoms. The van der Waals surface area contributed by atoms with Gasteiger partial charge < -0.3 is 14.5 Å². The van der Waals surface area contributed by atoms with E-state index < -0.39 is 5.41 Å². The molecular formula is C24H25FN2O3. The number of ether oxygens (including phenoxy) is 1. The van der Waals surface area contributed by atoms with Gasteiger partial charge in [0, 0.05) is 30.4 Å².